The zero-order chi connectivity index (χ0) is 25.5. The number of aromatic amines is 1. The summed E-state index contributed by atoms with van der Waals surface area (Å²) < 4.78 is 18.7. The van der Waals surface area contributed by atoms with Crippen molar-refractivity contribution in [2.45, 2.75) is 12.8 Å². The summed E-state index contributed by atoms with van der Waals surface area (Å²) in [6.45, 7) is 4.45. The van der Waals surface area contributed by atoms with Crippen LogP contribution in [0.3, 0.4) is 0 Å². The van der Waals surface area contributed by atoms with E-state index in [0.29, 0.717) is 23.0 Å². The molecule has 1 aliphatic heterocycles. The molecule has 0 atom stereocenters. The predicted octanol–water partition coefficient (Wildman–Crippen LogP) is 3.49. The normalized spacial score (nSPS) is 13.6. The number of aromatic nitrogens is 4. The Balaban J connectivity index is 1.20. The second kappa shape index (κ2) is 11.6. The number of hydrogen-bond donors (Lipinski definition) is 3. The van der Waals surface area contributed by atoms with Crippen LogP contribution in [0.4, 0.5) is 21.7 Å². The van der Waals surface area contributed by atoms with E-state index in [0.717, 1.165) is 55.7 Å². The van der Waals surface area contributed by atoms with Gasteiger partial charge in [-0.1, -0.05) is 17.9 Å². The molecule has 5 rings (SSSR count). The van der Waals surface area contributed by atoms with Gasteiger partial charge in [0.15, 0.2) is 5.82 Å². The van der Waals surface area contributed by atoms with E-state index in [-0.39, 0.29) is 12.3 Å². The molecule has 188 valence electrons. The molecule has 37 heavy (non-hydrogen) atoms. The van der Waals surface area contributed by atoms with Crippen LogP contribution in [-0.2, 0) is 16.0 Å². The van der Waals surface area contributed by atoms with Crippen LogP contribution in [-0.4, -0.2) is 63.8 Å². The molecule has 0 bridgehead atoms. The van der Waals surface area contributed by atoms with E-state index in [9.17, 15) is 9.18 Å². The van der Waals surface area contributed by atoms with Gasteiger partial charge in [0.2, 0.25) is 5.91 Å². The molecule has 9 nitrogen and oxygen atoms in total. The summed E-state index contributed by atoms with van der Waals surface area (Å²) >= 11 is 0. The first-order chi connectivity index (χ1) is 18.1. The van der Waals surface area contributed by atoms with Gasteiger partial charge in [-0.25, -0.2) is 14.4 Å². The Labute approximate surface area is 213 Å². The lowest BCUT2D eigenvalue weighted by atomic mass is 10.1. The lowest BCUT2D eigenvalue weighted by Gasteiger charge is -2.25. The molecule has 1 amide bonds. The molecule has 0 saturated carbocycles. The van der Waals surface area contributed by atoms with Crippen molar-refractivity contribution in [1.29, 1.82) is 0 Å². The molecule has 4 aromatic rings. The fourth-order valence-corrected chi connectivity index (χ4v) is 4.02. The van der Waals surface area contributed by atoms with Crippen LogP contribution in [0.5, 0.6) is 0 Å². The molecule has 3 heterocycles. The third-order valence-electron chi connectivity index (χ3n) is 5.86. The van der Waals surface area contributed by atoms with Crippen molar-refractivity contribution in [2.75, 3.05) is 43.5 Å². The lowest BCUT2D eigenvalue weighted by Crippen LogP contribution is -2.36. The minimum Gasteiger partial charge on any atom is -0.379 e. The van der Waals surface area contributed by atoms with Gasteiger partial charge in [-0.3, -0.25) is 14.8 Å². The lowest BCUT2D eigenvalue weighted by molar-refractivity contribution is -0.115. The van der Waals surface area contributed by atoms with Gasteiger partial charge < -0.3 is 15.4 Å². The number of anilines is 3. The Bertz CT molecular complexity index is 1450. The molecule has 2 aromatic carbocycles. The van der Waals surface area contributed by atoms with Gasteiger partial charge >= 0.3 is 0 Å². The highest BCUT2D eigenvalue weighted by Gasteiger charge is 2.11. The predicted molar refractivity (Wildman–Crippen MR) is 139 cm³/mol. The second-order valence-electron chi connectivity index (χ2n) is 8.60. The van der Waals surface area contributed by atoms with Gasteiger partial charge in [0.25, 0.3) is 0 Å². The van der Waals surface area contributed by atoms with E-state index in [1.807, 2.05) is 18.2 Å². The zero-order valence-corrected chi connectivity index (χ0v) is 20.1. The molecule has 0 aliphatic carbocycles. The summed E-state index contributed by atoms with van der Waals surface area (Å²) in [4.78, 5) is 23.4. The van der Waals surface area contributed by atoms with Gasteiger partial charge in [-0.05, 0) is 36.4 Å². The van der Waals surface area contributed by atoms with Crippen molar-refractivity contribution in [3.05, 3.63) is 71.9 Å². The maximum atomic E-state index is 13.3. The van der Waals surface area contributed by atoms with Crippen LogP contribution >= 0.6 is 0 Å². The molecular weight excluding hydrogens is 473 g/mol. The second-order valence-corrected chi connectivity index (χ2v) is 8.60. The number of morpholine rings is 1. The van der Waals surface area contributed by atoms with E-state index in [1.165, 1.54) is 24.5 Å². The van der Waals surface area contributed by atoms with Gasteiger partial charge in [-0.15, -0.1) is 0 Å². The summed E-state index contributed by atoms with van der Waals surface area (Å²) in [5.74, 6) is 6.88. The number of carbonyl (C=O) groups excluding carboxylic acids is 1. The van der Waals surface area contributed by atoms with Gasteiger partial charge in [0, 0.05) is 54.5 Å². The molecule has 3 N–H and O–H groups in total. The minimum atomic E-state index is -0.411. The fourth-order valence-electron chi connectivity index (χ4n) is 4.02. The number of H-pyrrole nitrogens is 1. The van der Waals surface area contributed by atoms with Crippen LogP contribution < -0.4 is 10.6 Å². The number of nitrogens with zero attached hydrogens (tertiary/aromatic N) is 4. The third-order valence-corrected chi connectivity index (χ3v) is 5.86. The number of benzene rings is 2. The number of rotatable bonds is 7. The van der Waals surface area contributed by atoms with Crippen molar-refractivity contribution in [2.24, 2.45) is 0 Å². The average molecular weight is 500 g/mol. The van der Waals surface area contributed by atoms with E-state index < -0.39 is 5.82 Å². The molecular formula is C27H26FN7O2. The zero-order valence-electron chi connectivity index (χ0n) is 20.1. The minimum absolute atomic E-state index is 0.0588. The molecule has 0 radical (unpaired) electrons. The maximum Gasteiger partial charge on any atom is 0.230 e. The van der Waals surface area contributed by atoms with E-state index in [4.69, 9.17) is 4.74 Å². The van der Waals surface area contributed by atoms with Gasteiger partial charge in [0.05, 0.1) is 25.2 Å². The van der Waals surface area contributed by atoms with E-state index in [2.05, 4.69) is 47.5 Å². The SMILES string of the molecule is O=C(Cc1cc(Nc2ncnc3cc(C#CCCN4CCOCC4)ccc23)n[nH]1)Nc1cccc(F)c1. The standard InChI is InChI=1S/C27H26FN7O2/c28-20-5-3-6-21(15-20)31-26(36)17-22-16-25(34-33-22)32-27-23-8-7-19(14-24(23)29-18-30-27)4-1-2-9-35-10-12-37-13-11-35/h3,5-8,14-16,18H,2,9-13,17H2,(H,31,36)(H2,29,30,32,33,34). The van der Waals surface area contributed by atoms with Crippen molar-refractivity contribution in [3.63, 3.8) is 0 Å². The van der Waals surface area contributed by atoms with Crippen LogP contribution in [0.15, 0.2) is 54.9 Å². The highest BCUT2D eigenvalue weighted by atomic mass is 19.1. The number of hydrogen-bond acceptors (Lipinski definition) is 7. The smallest absolute Gasteiger partial charge is 0.230 e. The average Bonchev–Trinajstić information content (AvgIpc) is 3.33. The van der Waals surface area contributed by atoms with Crippen molar-refractivity contribution < 1.29 is 13.9 Å². The summed E-state index contributed by atoms with van der Waals surface area (Å²) in [6.07, 6.45) is 2.35. The molecule has 1 aliphatic rings. The molecule has 1 fully saturated rings. The molecule has 1 saturated heterocycles. The van der Waals surface area contributed by atoms with Crippen LogP contribution in [0, 0.1) is 17.7 Å². The number of ether oxygens (including phenoxy) is 1. The third kappa shape index (κ3) is 6.67. The monoisotopic (exact) mass is 499 g/mol. The van der Waals surface area contributed by atoms with Gasteiger partial charge in [0.1, 0.15) is 18.0 Å². The highest BCUT2D eigenvalue weighted by Crippen LogP contribution is 2.23. The largest absolute Gasteiger partial charge is 0.379 e. The molecule has 0 spiro atoms. The van der Waals surface area contributed by atoms with Crippen molar-refractivity contribution >= 4 is 34.1 Å². The first-order valence-corrected chi connectivity index (χ1v) is 12.0. The summed E-state index contributed by atoms with van der Waals surface area (Å²) in [5.41, 5.74) is 2.66. The number of amides is 1. The number of carbonyl (C=O) groups is 1. The summed E-state index contributed by atoms with van der Waals surface area (Å²) in [6, 6.07) is 13.3. The Morgan fingerprint density at radius 1 is 1.14 bits per heavy atom. The molecule has 2 aromatic heterocycles. The van der Waals surface area contributed by atoms with E-state index in [1.54, 1.807) is 12.1 Å². The van der Waals surface area contributed by atoms with Crippen LogP contribution in [0.25, 0.3) is 10.9 Å². The maximum absolute atomic E-state index is 13.3. The van der Waals surface area contributed by atoms with E-state index >= 15 is 0 Å². The topological polar surface area (TPSA) is 108 Å². The fraction of sp³-hybridized carbons (Fsp3) is 0.259. The summed E-state index contributed by atoms with van der Waals surface area (Å²) in [7, 11) is 0. The Morgan fingerprint density at radius 3 is 2.89 bits per heavy atom. The summed E-state index contributed by atoms with van der Waals surface area (Å²) in [5, 5.41) is 13.7. The number of halogens is 1. The highest BCUT2D eigenvalue weighted by molar-refractivity contribution is 5.93. The molecule has 10 heteroatoms. The van der Waals surface area contributed by atoms with Crippen molar-refractivity contribution in [1.82, 2.24) is 25.1 Å². The number of fused-ring (bicyclic) bond motifs is 1. The quantitative estimate of drug-likeness (QED) is 0.334. The Kier molecular flexibility index (Phi) is 7.64. The first-order valence-electron chi connectivity index (χ1n) is 12.0. The first kappa shape index (κ1) is 24.4. The van der Waals surface area contributed by atoms with Crippen LogP contribution in [0.1, 0.15) is 17.7 Å². The van der Waals surface area contributed by atoms with Gasteiger partial charge in [-0.2, -0.15) is 5.10 Å². The van der Waals surface area contributed by atoms with Crippen LogP contribution in [0.2, 0.25) is 0 Å². The Morgan fingerprint density at radius 2 is 2.03 bits per heavy atom. The Hall–Kier alpha value is -4.33. The van der Waals surface area contributed by atoms with Crippen molar-refractivity contribution in [3.8, 4) is 11.8 Å². The number of nitrogens with one attached hydrogen (secondary N) is 3. The molecule has 0 unspecified atom stereocenters.